The zero-order valence-corrected chi connectivity index (χ0v) is 16.9. The highest BCUT2D eigenvalue weighted by molar-refractivity contribution is 7.90. The minimum Gasteiger partial charge on any atom is -0.394 e. The Morgan fingerprint density at radius 2 is 1.93 bits per heavy atom. The number of anilines is 1. The third-order valence-corrected chi connectivity index (χ3v) is 6.42. The number of hydrogen-bond acceptors (Lipinski definition) is 5. The van der Waals surface area contributed by atoms with Crippen LogP contribution in [0.5, 0.6) is 0 Å². The maximum absolute atomic E-state index is 13.0. The van der Waals surface area contributed by atoms with Crippen molar-refractivity contribution in [3.05, 3.63) is 42.1 Å². The van der Waals surface area contributed by atoms with E-state index in [1.807, 2.05) is 0 Å². The van der Waals surface area contributed by atoms with Crippen molar-refractivity contribution in [2.24, 2.45) is 5.92 Å². The van der Waals surface area contributed by atoms with Crippen LogP contribution in [0.25, 0.3) is 0 Å². The molecule has 2 aromatic rings. The fourth-order valence-electron chi connectivity index (χ4n) is 3.79. The first-order valence-electron chi connectivity index (χ1n) is 9.62. The quantitative estimate of drug-likeness (QED) is 0.703. The number of nitrogens with zero attached hydrogens (tertiary/aromatic N) is 2. The van der Waals surface area contributed by atoms with E-state index in [-0.39, 0.29) is 23.3 Å². The zero-order chi connectivity index (χ0) is 20.1. The number of amides is 1. The van der Waals surface area contributed by atoms with Crippen molar-refractivity contribution in [2.45, 2.75) is 49.5 Å². The van der Waals surface area contributed by atoms with Gasteiger partial charge >= 0.3 is 0 Å². The number of nitrogens with one attached hydrogen (secondary N) is 1. The van der Waals surface area contributed by atoms with Gasteiger partial charge in [-0.15, -0.1) is 0 Å². The molecule has 8 heteroatoms. The molecule has 1 unspecified atom stereocenters. The highest BCUT2D eigenvalue weighted by Crippen LogP contribution is 2.35. The maximum atomic E-state index is 13.0. The number of sulfone groups is 1. The predicted octanol–water partition coefficient (Wildman–Crippen LogP) is 2.58. The third kappa shape index (κ3) is 5.20. The van der Waals surface area contributed by atoms with Crippen LogP contribution in [0.15, 0.2) is 41.4 Å². The lowest BCUT2D eigenvalue weighted by atomic mass is 9.87. The zero-order valence-electron chi connectivity index (χ0n) is 16.0. The molecule has 1 fully saturated rings. The summed E-state index contributed by atoms with van der Waals surface area (Å²) in [6, 6.07) is 8.30. The SMILES string of the molecule is CS(=O)(=O)c1ccc(C(CC2CCCC2)C(=O)Nc2ccn(CCO)n2)cc1. The van der Waals surface area contributed by atoms with Gasteiger partial charge in [0.2, 0.25) is 5.91 Å². The first kappa shape index (κ1) is 20.5. The standard InChI is InChI=1S/C20H27N3O4S/c1-28(26,27)17-8-6-16(7-9-17)18(14-15-4-2-3-5-15)20(25)21-19-10-11-23(22-19)12-13-24/h6-11,15,18,24H,2-5,12-14H2,1H3,(H,21,22,25). The summed E-state index contributed by atoms with van der Waals surface area (Å²) < 4.78 is 25.0. The van der Waals surface area contributed by atoms with E-state index in [0.29, 0.717) is 18.3 Å². The second-order valence-electron chi connectivity index (χ2n) is 7.46. The lowest BCUT2D eigenvalue weighted by Gasteiger charge is -2.20. The van der Waals surface area contributed by atoms with Crippen LogP contribution < -0.4 is 5.32 Å². The number of aliphatic hydroxyl groups excluding tert-OH is 1. The fourth-order valence-corrected chi connectivity index (χ4v) is 4.42. The van der Waals surface area contributed by atoms with Crippen LogP contribution in [0, 0.1) is 5.92 Å². The predicted molar refractivity (Wildman–Crippen MR) is 107 cm³/mol. The van der Waals surface area contributed by atoms with Gasteiger partial charge in [-0.3, -0.25) is 9.48 Å². The molecule has 0 aliphatic heterocycles. The molecule has 1 aromatic carbocycles. The Balaban J connectivity index is 1.79. The van der Waals surface area contributed by atoms with E-state index >= 15 is 0 Å². The monoisotopic (exact) mass is 405 g/mol. The van der Waals surface area contributed by atoms with Crippen molar-refractivity contribution in [2.75, 3.05) is 18.2 Å². The number of rotatable bonds is 8. The molecule has 28 heavy (non-hydrogen) atoms. The summed E-state index contributed by atoms with van der Waals surface area (Å²) in [6.45, 7) is 0.348. The lowest BCUT2D eigenvalue weighted by Crippen LogP contribution is -2.23. The van der Waals surface area contributed by atoms with E-state index < -0.39 is 9.84 Å². The van der Waals surface area contributed by atoms with Crippen molar-refractivity contribution >= 4 is 21.6 Å². The second kappa shape index (κ2) is 8.87. The van der Waals surface area contributed by atoms with Crippen LogP contribution in [0.2, 0.25) is 0 Å². The fraction of sp³-hybridized carbons (Fsp3) is 0.500. The Kier molecular flexibility index (Phi) is 6.51. The maximum Gasteiger partial charge on any atom is 0.233 e. The smallest absolute Gasteiger partial charge is 0.233 e. The van der Waals surface area contributed by atoms with Gasteiger partial charge in [0.15, 0.2) is 15.7 Å². The molecule has 2 N–H and O–H groups in total. The Bertz CT molecular complexity index is 900. The molecule has 1 aliphatic rings. The van der Waals surface area contributed by atoms with E-state index in [1.54, 1.807) is 41.2 Å². The molecule has 0 saturated heterocycles. The number of carbonyl (C=O) groups excluding carboxylic acids is 1. The third-order valence-electron chi connectivity index (χ3n) is 5.29. The average molecular weight is 406 g/mol. The van der Waals surface area contributed by atoms with E-state index in [0.717, 1.165) is 24.8 Å². The van der Waals surface area contributed by atoms with Gasteiger partial charge in [-0.1, -0.05) is 37.8 Å². The largest absolute Gasteiger partial charge is 0.394 e. The molecule has 0 radical (unpaired) electrons. The summed E-state index contributed by atoms with van der Waals surface area (Å²) in [7, 11) is -3.27. The molecular formula is C20H27N3O4S. The summed E-state index contributed by atoms with van der Waals surface area (Å²) >= 11 is 0. The highest BCUT2D eigenvalue weighted by atomic mass is 32.2. The van der Waals surface area contributed by atoms with Crippen LogP contribution in [-0.4, -0.2) is 42.1 Å². The van der Waals surface area contributed by atoms with E-state index in [9.17, 15) is 13.2 Å². The number of benzene rings is 1. The van der Waals surface area contributed by atoms with Crippen LogP contribution in [0.1, 0.15) is 43.6 Å². The molecular weight excluding hydrogens is 378 g/mol. The van der Waals surface area contributed by atoms with Gasteiger partial charge < -0.3 is 10.4 Å². The summed E-state index contributed by atoms with van der Waals surface area (Å²) in [5, 5.41) is 16.1. The molecule has 0 bridgehead atoms. The first-order valence-corrected chi connectivity index (χ1v) is 11.5. The average Bonchev–Trinajstić information content (AvgIpc) is 3.31. The topological polar surface area (TPSA) is 101 Å². The van der Waals surface area contributed by atoms with Gasteiger partial charge in [0.05, 0.1) is 24.0 Å². The molecule has 1 amide bonds. The first-order chi connectivity index (χ1) is 13.4. The number of hydrogen-bond donors (Lipinski definition) is 2. The van der Waals surface area contributed by atoms with Crippen molar-refractivity contribution in [3.63, 3.8) is 0 Å². The summed E-state index contributed by atoms with van der Waals surface area (Å²) in [5.74, 6) is 0.438. The van der Waals surface area contributed by atoms with Crippen molar-refractivity contribution < 1.29 is 18.3 Å². The summed E-state index contributed by atoms with van der Waals surface area (Å²) in [5.41, 5.74) is 0.812. The van der Waals surface area contributed by atoms with E-state index in [4.69, 9.17) is 5.11 Å². The number of aliphatic hydroxyl groups is 1. The van der Waals surface area contributed by atoms with Gasteiger partial charge in [-0.2, -0.15) is 5.10 Å². The van der Waals surface area contributed by atoms with Crippen LogP contribution in [-0.2, 0) is 21.2 Å². The molecule has 3 rings (SSSR count). The van der Waals surface area contributed by atoms with Crippen LogP contribution in [0.4, 0.5) is 5.82 Å². The van der Waals surface area contributed by atoms with Gasteiger partial charge in [0.1, 0.15) is 0 Å². The highest BCUT2D eigenvalue weighted by Gasteiger charge is 2.27. The molecule has 1 heterocycles. The Morgan fingerprint density at radius 1 is 1.25 bits per heavy atom. The molecule has 0 spiro atoms. The van der Waals surface area contributed by atoms with Gasteiger partial charge in [0.25, 0.3) is 0 Å². The van der Waals surface area contributed by atoms with Crippen molar-refractivity contribution in [1.29, 1.82) is 0 Å². The van der Waals surface area contributed by atoms with Crippen LogP contribution >= 0.6 is 0 Å². The molecule has 1 aromatic heterocycles. The van der Waals surface area contributed by atoms with E-state index in [1.165, 1.54) is 19.1 Å². The minimum absolute atomic E-state index is 0.0218. The Labute approximate surface area is 165 Å². The van der Waals surface area contributed by atoms with Gasteiger partial charge in [-0.05, 0) is 30.0 Å². The molecule has 1 saturated carbocycles. The Morgan fingerprint density at radius 3 is 2.54 bits per heavy atom. The van der Waals surface area contributed by atoms with Crippen molar-refractivity contribution in [3.8, 4) is 0 Å². The lowest BCUT2D eigenvalue weighted by molar-refractivity contribution is -0.118. The molecule has 7 nitrogen and oxygen atoms in total. The van der Waals surface area contributed by atoms with Gasteiger partial charge in [0, 0.05) is 18.5 Å². The second-order valence-corrected chi connectivity index (χ2v) is 9.47. The summed E-state index contributed by atoms with van der Waals surface area (Å²) in [4.78, 5) is 13.3. The number of carbonyl (C=O) groups is 1. The molecule has 152 valence electrons. The minimum atomic E-state index is -3.27. The van der Waals surface area contributed by atoms with Crippen LogP contribution in [0.3, 0.4) is 0 Å². The summed E-state index contributed by atoms with van der Waals surface area (Å²) in [6.07, 6.45) is 8.25. The molecule has 1 aliphatic carbocycles. The number of aromatic nitrogens is 2. The molecule has 1 atom stereocenters. The normalized spacial score (nSPS) is 16.2. The van der Waals surface area contributed by atoms with Crippen molar-refractivity contribution in [1.82, 2.24) is 9.78 Å². The van der Waals surface area contributed by atoms with E-state index in [2.05, 4.69) is 10.4 Å². The Hall–Kier alpha value is -2.19. The van der Waals surface area contributed by atoms with Gasteiger partial charge in [-0.25, -0.2) is 8.42 Å².